The van der Waals surface area contributed by atoms with Crippen LogP contribution in [0, 0.1) is 5.92 Å². The monoisotopic (exact) mass is 230 g/mol. The van der Waals surface area contributed by atoms with Gasteiger partial charge < -0.3 is 15.4 Å². The molecule has 0 bridgehead atoms. The Morgan fingerprint density at radius 2 is 2.00 bits per heavy atom. The van der Waals surface area contributed by atoms with Gasteiger partial charge in [0.1, 0.15) is 0 Å². The Morgan fingerprint density at radius 1 is 1.47 bits per heavy atom. The molecule has 0 aromatic carbocycles. The van der Waals surface area contributed by atoms with Crippen molar-refractivity contribution in [3.8, 4) is 0 Å². The number of nitrogens with two attached hydrogens (primary N) is 1. The number of amides is 1. The highest BCUT2D eigenvalue weighted by Gasteiger charge is 2.25. The Bertz CT molecular complexity index is 248. The molecule has 0 unspecified atom stereocenters. The van der Waals surface area contributed by atoms with Crippen molar-refractivity contribution in [2.75, 3.05) is 13.1 Å². The van der Waals surface area contributed by atoms with Crippen molar-refractivity contribution in [2.24, 2.45) is 11.7 Å². The van der Waals surface area contributed by atoms with Crippen LogP contribution < -0.4 is 5.73 Å². The number of piperidine rings is 1. The number of thiocarbonyl (C=S) groups is 1. The zero-order valence-electron chi connectivity index (χ0n) is 9.23. The zero-order chi connectivity index (χ0) is 11.4. The van der Waals surface area contributed by atoms with E-state index in [9.17, 15) is 4.79 Å². The van der Waals surface area contributed by atoms with Gasteiger partial charge in [0, 0.05) is 19.0 Å². The van der Waals surface area contributed by atoms with Crippen LogP contribution in [-0.4, -0.2) is 35.2 Å². The number of hydrogen-bond acceptors (Lipinski definition) is 3. The highest BCUT2D eigenvalue weighted by Crippen LogP contribution is 2.18. The SMILES string of the molecule is CC(C)OC(=O)N1CCC(C(N)=S)CC1. The lowest BCUT2D eigenvalue weighted by molar-refractivity contribution is 0.0687. The molecule has 0 aliphatic carbocycles. The molecule has 15 heavy (non-hydrogen) atoms. The summed E-state index contributed by atoms with van der Waals surface area (Å²) >= 11 is 4.93. The summed E-state index contributed by atoms with van der Waals surface area (Å²) in [5, 5.41) is 0. The first kappa shape index (κ1) is 12.2. The molecule has 0 spiro atoms. The molecule has 2 N–H and O–H groups in total. The van der Waals surface area contributed by atoms with Gasteiger partial charge in [-0.15, -0.1) is 0 Å². The normalized spacial score (nSPS) is 17.9. The largest absolute Gasteiger partial charge is 0.447 e. The van der Waals surface area contributed by atoms with Crippen LogP contribution in [0.4, 0.5) is 4.79 Å². The second-order valence-corrected chi connectivity index (χ2v) is 4.57. The number of carbonyl (C=O) groups excluding carboxylic acids is 1. The predicted molar refractivity (Wildman–Crippen MR) is 62.7 cm³/mol. The summed E-state index contributed by atoms with van der Waals surface area (Å²) in [5.74, 6) is 0.281. The second-order valence-electron chi connectivity index (χ2n) is 4.10. The number of ether oxygens (including phenoxy) is 1. The van der Waals surface area contributed by atoms with E-state index in [2.05, 4.69) is 0 Å². The molecule has 1 saturated heterocycles. The van der Waals surface area contributed by atoms with Crippen LogP contribution in [0.25, 0.3) is 0 Å². The summed E-state index contributed by atoms with van der Waals surface area (Å²) in [6.45, 7) is 5.07. The molecule has 0 saturated carbocycles. The maximum Gasteiger partial charge on any atom is 0.410 e. The maximum atomic E-state index is 11.5. The molecular formula is C10H18N2O2S. The first-order valence-electron chi connectivity index (χ1n) is 5.25. The lowest BCUT2D eigenvalue weighted by atomic mass is 9.97. The van der Waals surface area contributed by atoms with Crippen molar-refractivity contribution in [1.29, 1.82) is 0 Å². The Hall–Kier alpha value is -0.840. The Morgan fingerprint density at radius 3 is 2.40 bits per heavy atom. The van der Waals surface area contributed by atoms with Crippen LogP contribution in [-0.2, 0) is 4.74 Å². The van der Waals surface area contributed by atoms with Gasteiger partial charge in [-0.05, 0) is 26.7 Å². The third-order valence-electron chi connectivity index (χ3n) is 2.49. The van der Waals surface area contributed by atoms with E-state index in [-0.39, 0.29) is 18.1 Å². The standard InChI is InChI=1S/C10H18N2O2S/c1-7(2)14-10(13)12-5-3-8(4-6-12)9(11)15/h7-8H,3-6H2,1-2H3,(H2,11,15). The average molecular weight is 230 g/mol. The van der Waals surface area contributed by atoms with Crippen molar-refractivity contribution >= 4 is 23.3 Å². The van der Waals surface area contributed by atoms with Crippen molar-refractivity contribution in [1.82, 2.24) is 4.90 Å². The van der Waals surface area contributed by atoms with Gasteiger partial charge in [0.25, 0.3) is 0 Å². The summed E-state index contributed by atoms with van der Waals surface area (Å²) in [6.07, 6.45) is 1.41. The van der Waals surface area contributed by atoms with E-state index in [1.807, 2.05) is 13.8 Å². The van der Waals surface area contributed by atoms with Gasteiger partial charge >= 0.3 is 6.09 Å². The van der Waals surface area contributed by atoms with E-state index in [0.29, 0.717) is 18.1 Å². The van der Waals surface area contributed by atoms with Crippen molar-refractivity contribution in [3.05, 3.63) is 0 Å². The van der Waals surface area contributed by atoms with Gasteiger partial charge in [-0.1, -0.05) is 12.2 Å². The molecule has 4 nitrogen and oxygen atoms in total. The third-order valence-corrected chi connectivity index (χ3v) is 2.83. The quantitative estimate of drug-likeness (QED) is 0.731. The van der Waals surface area contributed by atoms with E-state index >= 15 is 0 Å². The van der Waals surface area contributed by atoms with Crippen molar-refractivity contribution in [2.45, 2.75) is 32.8 Å². The molecule has 1 rings (SSSR count). The van der Waals surface area contributed by atoms with Crippen molar-refractivity contribution < 1.29 is 9.53 Å². The third kappa shape index (κ3) is 3.66. The van der Waals surface area contributed by atoms with E-state index in [1.54, 1.807) is 4.90 Å². The molecule has 0 aromatic rings. The molecule has 1 fully saturated rings. The molecule has 1 aliphatic rings. The molecule has 1 heterocycles. The Labute approximate surface area is 95.8 Å². The smallest absolute Gasteiger partial charge is 0.410 e. The Kier molecular flexibility index (Phi) is 4.32. The average Bonchev–Trinajstić information content (AvgIpc) is 2.17. The van der Waals surface area contributed by atoms with Gasteiger partial charge in [0.2, 0.25) is 0 Å². The number of hydrogen-bond donors (Lipinski definition) is 1. The van der Waals surface area contributed by atoms with Gasteiger partial charge in [-0.2, -0.15) is 0 Å². The van der Waals surface area contributed by atoms with E-state index in [0.717, 1.165) is 12.8 Å². The summed E-state index contributed by atoms with van der Waals surface area (Å²) in [6, 6.07) is 0. The summed E-state index contributed by atoms with van der Waals surface area (Å²) in [7, 11) is 0. The summed E-state index contributed by atoms with van der Waals surface area (Å²) < 4.78 is 5.11. The summed E-state index contributed by atoms with van der Waals surface area (Å²) in [4.78, 5) is 13.8. The number of nitrogens with zero attached hydrogens (tertiary/aromatic N) is 1. The Balaban J connectivity index is 2.37. The molecule has 0 aromatic heterocycles. The highest BCUT2D eigenvalue weighted by atomic mass is 32.1. The number of rotatable bonds is 2. The van der Waals surface area contributed by atoms with Gasteiger partial charge in [0.15, 0.2) is 0 Å². The van der Waals surface area contributed by atoms with E-state index < -0.39 is 0 Å². The molecule has 1 aliphatic heterocycles. The van der Waals surface area contributed by atoms with Gasteiger partial charge in [0.05, 0.1) is 11.1 Å². The molecule has 86 valence electrons. The molecule has 0 atom stereocenters. The van der Waals surface area contributed by atoms with E-state index in [1.165, 1.54) is 0 Å². The lowest BCUT2D eigenvalue weighted by Gasteiger charge is -2.31. The van der Waals surface area contributed by atoms with Crippen LogP contribution in [0.3, 0.4) is 0 Å². The molecular weight excluding hydrogens is 212 g/mol. The number of likely N-dealkylation sites (tertiary alicyclic amines) is 1. The predicted octanol–water partition coefficient (Wildman–Crippen LogP) is 1.53. The minimum atomic E-state index is -0.230. The highest BCUT2D eigenvalue weighted by molar-refractivity contribution is 7.80. The number of carbonyl (C=O) groups is 1. The molecule has 0 radical (unpaired) electrons. The van der Waals surface area contributed by atoms with Gasteiger partial charge in [-0.3, -0.25) is 0 Å². The van der Waals surface area contributed by atoms with Crippen LogP contribution in [0.1, 0.15) is 26.7 Å². The lowest BCUT2D eigenvalue weighted by Crippen LogP contribution is -2.42. The van der Waals surface area contributed by atoms with E-state index in [4.69, 9.17) is 22.7 Å². The van der Waals surface area contributed by atoms with Crippen molar-refractivity contribution in [3.63, 3.8) is 0 Å². The first-order chi connectivity index (χ1) is 7.00. The fraction of sp³-hybridized carbons (Fsp3) is 0.800. The molecule has 1 amide bonds. The maximum absolute atomic E-state index is 11.5. The second kappa shape index (κ2) is 5.30. The summed E-state index contributed by atoms with van der Waals surface area (Å²) in [5.41, 5.74) is 5.57. The fourth-order valence-electron chi connectivity index (χ4n) is 1.62. The van der Waals surface area contributed by atoms with Crippen LogP contribution in [0.15, 0.2) is 0 Å². The first-order valence-corrected chi connectivity index (χ1v) is 5.66. The topological polar surface area (TPSA) is 55.6 Å². The van der Waals surface area contributed by atoms with Gasteiger partial charge in [-0.25, -0.2) is 4.79 Å². The fourth-order valence-corrected chi connectivity index (χ4v) is 1.86. The zero-order valence-corrected chi connectivity index (χ0v) is 10.0. The molecule has 5 heteroatoms. The van der Waals surface area contributed by atoms with Crippen LogP contribution in [0.5, 0.6) is 0 Å². The van der Waals surface area contributed by atoms with Crippen LogP contribution >= 0.6 is 12.2 Å². The van der Waals surface area contributed by atoms with Crippen LogP contribution in [0.2, 0.25) is 0 Å². The minimum Gasteiger partial charge on any atom is -0.447 e. The minimum absolute atomic E-state index is 0.0641.